The number of hydrogen-bond acceptors (Lipinski definition) is 4. The van der Waals surface area contributed by atoms with E-state index < -0.39 is 6.10 Å². The van der Waals surface area contributed by atoms with Crippen LogP contribution in [0.3, 0.4) is 0 Å². The summed E-state index contributed by atoms with van der Waals surface area (Å²) >= 11 is 3.25. The van der Waals surface area contributed by atoms with Gasteiger partial charge < -0.3 is 15.4 Å². The van der Waals surface area contributed by atoms with Gasteiger partial charge >= 0.3 is 0 Å². The minimum Gasteiger partial charge on any atom is -0.475 e. The third kappa shape index (κ3) is 2.42. The molecule has 0 spiro atoms. The summed E-state index contributed by atoms with van der Waals surface area (Å²) in [5, 5.41) is 6.03. The minimum absolute atomic E-state index is 0.142. The van der Waals surface area contributed by atoms with E-state index in [1.54, 1.807) is 12.1 Å². The fourth-order valence-electron chi connectivity index (χ4n) is 1.71. The van der Waals surface area contributed by atoms with Gasteiger partial charge in [-0.25, -0.2) is 4.98 Å². The lowest BCUT2D eigenvalue weighted by atomic mass is 10.2. The lowest BCUT2D eigenvalue weighted by Crippen LogP contribution is -2.44. The normalized spacial score (nSPS) is 22.6. The van der Waals surface area contributed by atoms with Crippen LogP contribution in [-0.2, 0) is 4.79 Å². The number of fused-ring (bicyclic) bond motifs is 1. The molecule has 0 aromatic carbocycles. The average Bonchev–Trinajstić information content (AvgIpc) is 3.10. The van der Waals surface area contributed by atoms with Gasteiger partial charge in [0.2, 0.25) is 0 Å². The van der Waals surface area contributed by atoms with Crippen molar-refractivity contribution < 1.29 is 9.53 Å². The third-order valence-electron chi connectivity index (χ3n) is 2.80. The van der Waals surface area contributed by atoms with E-state index in [-0.39, 0.29) is 5.91 Å². The van der Waals surface area contributed by atoms with Crippen LogP contribution in [0.15, 0.2) is 16.7 Å². The van der Waals surface area contributed by atoms with E-state index >= 15 is 0 Å². The predicted octanol–water partition coefficient (Wildman–Crippen LogP) is 1.30. The summed E-state index contributed by atoms with van der Waals surface area (Å²) in [6.45, 7) is 0.548. The minimum atomic E-state index is -0.467. The van der Waals surface area contributed by atoms with Crippen LogP contribution in [0, 0.1) is 0 Å². The number of anilines is 1. The first-order valence-corrected chi connectivity index (χ1v) is 6.39. The van der Waals surface area contributed by atoms with Crippen molar-refractivity contribution in [2.45, 2.75) is 25.0 Å². The molecule has 0 bridgehead atoms. The highest BCUT2D eigenvalue weighted by atomic mass is 79.9. The predicted molar refractivity (Wildman–Crippen MR) is 66.0 cm³/mol. The van der Waals surface area contributed by atoms with E-state index in [1.807, 2.05) is 0 Å². The molecule has 1 aromatic heterocycles. The van der Waals surface area contributed by atoms with Crippen LogP contribution in [-0.4, -0.2) is 29.6 Å². The first-order chi connectivity index (χ1) is 8.22. The Bertz CT molecular complexity index is 462. The number of pyridine rings is 1. The van der Waals surface area contributed by atoms with Gasteiger partial charge in [-0.2, -0.15) is 0 Å². The maximum absolute atomic E-state index is 11.8. The van der Waals surface area contributed by atoms with E-state index in [0.717, 1.165) is 0 Å². The molecule has 2 N–H and O–H groups in total. The monoisotopic (exact) mass is 297 g/mol. The topological polar surface area (TPSA) is 63.2 Å². The van der Waals surface area contributed by atoms with Crippen molar-refractivity contribution in [3.8, 4) is 5.75 Å². The molecule has 1 saturated carbocycles. The number of halogens is 1. The van der Waals surface area contributed by atoms with E-state index in [1.165, 1.54) is 12.8 Å². The van der Waals surface area contributed by atoms with Gasteiger partial charge in [-0.3, -0.25) is 4.79 Å². The van der Waals surface area contributed by atoms with Gasteiger partial charge in [-0.15, -0.1) is 0 Å². The van der Waals surface area contributed by atoms with Crippen molar-refractivity contribution in [2.24, 2.45) is 0 Å². The molecule has 5 nitrogen and oxygen atoms in total. The van der Waals surface area contributed by atoms with Gasteiger partial charge in [0.05, 0.1) is 0 Å². The highest BCUT2D eigenvalue weighted by molar-refractivity contribution is 9.10. The summed E-state index contributed by atoms with van der Waals surface area (Å²) in [5.74, 6) is 0.957. The van der Waals surface area contributed by atoms with E-state index in [2.05, 4.69) is 31.5 Å². The highest BCUT2D eigenvalue weighted by Crippen LogP contribution is 2.29. The van der Waals surface area contributed by atoms with Gasteiger partial charge in [0.15, 0.2) is 17.7 Å². The molecule has 0 saturated heterocycles. The van der Waals surface area contributed by atoms with Gasteiger partial charge in [0.25, 0.3) is 5.91 Å². The fourth-order valence-corrected chi connectivity index (χ4v) is 2.02. The summed E-state index contributed by atoms with van der Waals surface area (Å²) in [6, 6.07) is 4.16. The van der Waals surface area contributed by atoms with Crippen molar-refractivity contribution in [2.75, 3.05) is 11.9 Å². The molecule has 1 aromatic rings. The van der Waals surface area contributed by atoms with E-state index in [4.69, 9.17) is 4.74 Å². The Balaban J connectivity index is 1.72. The summed E-state index contributed by atoms with van der Waals surface area (Å²) in [6.07, 6.45) is 1.92. The Labute approximate surface area is 107 Å². The summed E-state index contributed by atoms with van der Waals surface area (Å²) in [5.41, 5.74) is 0. The van der Waals surface area contributed by atoms with Crippen LogP contribution < -0.4 is 15.4 Å². The highest BCUT2D eigenvalue weighted by Gasteiger charge is 2.30. The first kappa shape index (κ1) is 11.0. The van der Waals surface area contributed by atoms with Gasteiger partial charge in [-0.1, -0.05) is 0 Å². The summed E-state index contributed by atoms with van der Waals surface area (Å²) in [4.78, 5) is 15.9. The largest absolute Gasteiger partial charge is 0.475 e. The average molecular weight is 298 g/mol. The number of nitrogens with one attached hydrogen (secondary N) is 2. The number of rotatable bonds is 3. The molecule has 6 heteroatoms. The molecule has 1 fully saturated rings. The van der Waals surface area contributed by atoms with E-state index in [9.17, 15) is 4.79 Å². The molecule has 1 unspecified atom stereocenters. The molecule has 2 aliphatic rings. The number of carbonyl (C=O) groups is 1. The second-order valence-corrected chi connectivity index (χ2v) is 5.07. The van der Waals surface area contributed by atoms with Crippen LogP contribution in [0.5, 0.6) is 5.75 Å². The Morgan fingerprint density at radius 1 is 1.53 bits per heavy atom. The molecular weight excluding hydrogens is 286 g/mol. The SMILES string of the molecule is O=C1Nc2nc(Br)ccc2OC1CNC1CC1. The molecule has 1 aliphatic heterocycles. The molecule has 1 atom stereocenters. The number of hydrogen-bond donors (Lipinski definition) is 2. The molecule has 17 heavy (non-hydrogen) atoms. The van der Waals surface area contributed by atoms with Gasteiger partial charge in [-0.05, 0) is 40.9 Å². The smallest absolute Gasteiger partial charge is 0.268 e. The molecule has 1 amide bonds. The zero-order chi connectivity index (χ0) is 11.8. The molecular formula is C11H12BrN3O2. The lowest BCUT2D eigenvalue weighted by molar-refractivity contribution is -0.123. The number of nitrogens with zero attached hydrogens (tertiary/aromatic N) is 1. The zero-order valence-corrected chi connectivity index (χ0v) is 10.7. The second kappa shape index (κ2) is 4.27. The molecule has 2 heterocycles. The van der Waals surface area contributed by atoms with Crippen LogP contribution >= 0.6 is 15.9 Å². The van der Waals surface area contributed by atoms with Gasteiger partial charge in [0.1, 0.15) is 4.60 Å². The quantitative estimate of drug-likeness (QED) is 0.826. The van der Waals surface area contributed by atoms with Crippen molar-refractivity contribution in [1.82, 2.24) is 10.3 Å². The van der Waals surface area contributed by atoms with Crippen LogP contribution in [0.25, 0.3) is 0 Å². The molecule has 90 valence electrons. The first-order valence-electron chi connectivity index (χ1n) is 5.60. The Kier molecular flexibility index (Phi) is 2.76. The van der Waals surface area contributed by atoms with Crippen molar-refractivity contribution >= 4 is 27.7 Å². The van der Waals surface area contributed by atoms with Crippen molar-refractivity contribution in [1.29, 1.82) is 0 Å². The number of carbonyl (C=O) groups excluding carboxylic acids is 1. The van der Waals surface area contributed by atoms with Gasteiger partial charge in [0, 0.05) is 12.6 Å². The maximum Gasteiger partial charge on any atom is 0.268 e. The van der Waals surface area contributed by atoms with Crippen LogP contribution in [0.2, 0.25) is 0 Å². The number of ether oxygens (including phenoxy) is 1. The lowest BCUT2D eigenvalue weighted by Gasteiger charge is -2.25. The standard InChI is InChI=1S/C11H12BrN3O2/c12-9-4-3-7-10(14-9)15-11(16)8(17-7)5-13-6-1-2-6/h3-4,6,8,13H,1-2,5H2,(H,14,15,16). The Morgan fingerprint density at radius 2 is 2.35 bits per heavy atom. The molecule has 0 radical (unpaired) electrons. The van der Waals surface area contributed by atoms with Crippen molar-refractivity contribution in [3.05, 3.63) is 16.7 Å². The fraction of sp³-hybridized carbons (Fsp3) is 0.455. The molecule has 3 rings (SSSR count). The Morgan fingerprint density at radius 3 is 3.12 bits per heavy atom. The molecule has 1 aliphatic carbocycles. The number of amides is 1. The Hall–Kier alpha value is -1.14. The summed E-state index contributed by atoms with van der Waals surface area (Å²) in [7, 11) is 0. The maximum atomic E-state index is 11.8. The van der Waals surface area contributed by atoms with E-state index in [0.29, 0.717) is 28.8 Å². The third-order valence-corrected chi connectivity index (χ3v) is 3.24. The second-order valence-electron chi connectivity index (χ2n) is 4.26. The summed E-state index contributed by atoms with van der Waals surface area (Å²) < 4.78 is 6.30. The number of aromatic nitrogens is 1. The van der Waals surface area contributed by atoms with Crippen molar-refractivity contribution in [3.63, 3.8) is 0 Å². The van der Waals surface area contributed by atoms with Crippen LogP contribution in [0.4, 0.5) is 5.82 Å². The van der Waals surface area contributed by atoms with Crippen LogP contribution in [0.1, 0.15) is 12.8 Å². The zero-order valence-electron chi connectivity index (χ0n) is 9.07.